The van der Waals surface area contributed by atoms with E-state index in [0.29, 0.717) is 32.5 Å². The fraction of sp³-hybridized carbons (Fsp3) is 0.857. The number of carboxylic acid groups (broad SMARTS) is 1. The lowest BCUT2D eigenvalue weighted by Gasteiger charge is -2.26. The third-order valence-corrected chi connectivity index (χ3v) is 4.47. The molecule has 1 saturated heterocycles. The van der Waals surface area contributed by atoms with Crippen LogP contribution in [0.5, 0.6) is 0 Å². The van der Waals surface area contributed by atoms with Crippen LogP contribution in [-0.4, -0.2) is 71.2 Å². The standard InChI is InChI=1S/C14H24N2O4/c17-10-9-15-5-2-6-16(8-7-15)13(18)11-3-1-4-12(11)14(19)20/h11-12,17H,1-10H2,(H,19,20)/t11-,12+/m1/s1. The molecule has 6 nitrogen and oxygen atoms in total. The molecule has 0 bridgehead atoms. The van der Waals surface area contributed by atoms with Crippen LogP contribution in [0.3, 0.4) is 0 Å². The molecule has 2 rings (SSSR count). The Labute approximate surface area is 119 Å². The number of carboxylic acids is 1. The molecular weight excluding hydrogens is 260 g/mol. The summed E-state index contributed by atoms with van der Waals surface area (Å²) < 4.78 is 0. The van der Waals surface area contributed by atoms with Crippen molar-refractivity contribution < 1.29 is 19.8 Å². The fourth-order valence-electron chi connectivity index (χ4n) is 3.34. The predicted octanol–water partition coefficient (Wildman–Crippen LogP) is 0.0139. The second-order valence-corrected chi connectivity index (χ2v) is 5.73. The topological polar surface area (TPSA) is 81.1 Å². The van der Waals surface area contributed by atoms with E-state index in [1.54, 1.807) is 0 Å². The van der Waals surface area contributed by atoms with E-state index in [1.165, 1.54) is 0 Å². The van der Waals surface area contributed by atoms with E-state index in [2.05, 4.69) is 4.90 Å². The molecule has 6 heteroatoms. The SMILES string of the molecule is O=C(O)[C@H]1CCC[C@H]1C(=O)N1CCCN(CCO)CC1. The second-order valence-electron chi connectivity index (χ2n) is 5.73. The number of hydrogen-bond acceptors (Lipinski definition) is 4. The van der Waals surface area contributed by atoms with Crippen LogP contribution in [0.15, 0.2) is 0 Å². The number of amides is 1. The molecule has 20 heavy (non-hydrogen) atoms. The Morgan fingerprint density at radius 1 is 1.00 bits per heavy atom. The first kappa shape index (κ1) is 15.3. The average molecular weight is 284 g/mol. The van der Waals surface area contributed by atoms with Crippen LogP contribution in [0.25, 0.3) is 0 Å². The quantitative estimate of drug-likeness (QED) is 0.760. The Kier molecular flexibility index (Phi) is 5.37. The van der Waals surface area contributed by atoms with Crippen LogP contribution in [0, 0.1) is 11.8 Å². The van der Waals surface area contributed by atoms with E-state index in [0.717, 1.165) is 25.9 Å². The fourth-order valence-corrected chi connectivity index (χ4v) is 3.34. The van der Waals surface area contributed by atoms with Gasteiger partial charge >= 0.3 is 5.97 Å². The van der Waals surface area contributed by atoms with Gasteiger partial charge in [0.2, 0.25) is 5.91 Å². The number of carbonyl (C=O) groups is 2. The molecule has 1 heterocycles. The van der Waals surface area contributed by atoms with E-state index in [-0.39, 0.29) is 18.4 Å². The number of carbonyl (C=O) groups excluding carboxylic acids is 1. The third kappa shape index (κ3) is 3.49. The van der Waals surface area contributed by atoms with Gasteiger partial charge in [0.05, 0.1) is 18.4 Å². The first-order chi connectivity index (χ1) is 9.63. The first-order valence-electron chi connectivity index (χ1n) is 7.48. The lowest BCUT2D eigenvalue weighted by molar-refractivity contribution is -0.149. The summed E-state index contributed by atoms with van der Waals surface area (Å²) in [6.45, 7) is 3.76. The van der Waals surface area contributed by atoms with Gasteiger partial charge in [-0.3, -0.25) is 14.5 Å². The molecule has 0 aromatic carbocycles. The van der Waals surface area contributed by atoms with Crippen molar-refractivity contribution in [3.63, 3.8) is 0 Å². The van der Waals surface area contributed by atoms with Crippen molar-refractivity contribution >= 4 is 11.9 Å². The number of rotatable bonds is 4. The minimum atomic E-state index is -0.836. The second kappa shape index (κ2) is 7.04. The van der Waals surface area contributed by atoms with Gasteiger partial charge in [-0.15, -0.1) is 0 Å². The van der Waals surface area contributed by atoms with Gasteiger partial charge in [0, 0.05) is 26.2 Å². The van der Waals surface area contributed by atoms with E-state index >= 15 is 0 Å². The Hall–Kier alpha value is -1.14. The summed E-state index contributed by atoms with van der Waals surface area (Å²) in [7, 11) is 0. The third-order valence-electron chi connectivity index (χ3n) is 4.47. The number of hydrogen-bond donors (Lipinski definition) is 2. The maximum Gasteiger partial charge on any atom is 0.307 e. The van der Waals surface area contributed by atoms with Gasteiger partial charge in [-0.2, -0.15) is 0 Å². The number of nitrogens with zero attached hydrogens (tertiary/aromatic N) is 2. The van der Waals surface area contributed by atoms with Crippen molar-refractivity contribution in [2.24, 2.45) is 11.8 Å². The highest BCUT2D eigenvalue weighted by atomic mass is 16.4. The van der Waals surface area contributed by atoms with Crippen LogP contribution >= 0.6 is 0 Å². The molecule has 0 radical (unpaired) electrons. The Bertz CT molecular complexity index is 361. The molecule has 1 amide bonds. The van der Waals surface area contributed by atoms with Crippen LogP contribution in [0.1, 0.15) is 25.7 Å². The summed E-state index contributed by atoms with van der Waals surface area (Å²) >= 11 is 0. The molecule has 2 fully saturated rings. The largest absolute Gasteiger partial charge is 0.481 e. The van der Waals surface area contributed by atoms with Gasteiger partial charge in [0.25, 0.3) is 0 Å². The smallest absolute Gasteiger partial charge is 0.307 e. The highest BCUT2D eigenvalue weighted by Crippen LogP contribution is 2.33. The lowest BCUT2D eigenvalue weighted by Crippen LogP contribution is -2.41. The van der Waals surface area contributed by atoms with Gasteiger partial charge in [0.15, 0.2) is 0 Å². The zero-order chi connectivity index (χ0) is 14.5. The number of aliphatic hydroxyl groups is 1. The molecule has 2 N–H and O–H groups in total. The average Bonchev–Trinajstić information content (AvgIpc) is 2.80. The van der Waals surface area contributed by atoms with Gasteiger partial charge < -0.3 is 15.1 Å². The van der Waals surface area contributed by atoms with Crippen molar-refractivity contribution in [1.29, 1.82) is 0 Å². The maximum atomic E-state index is 12.5. The minimum absolute atomic E-state index is 0.0146. The normalized spacial score (nSPS) is 28.4. The Morgan fingerprint density at radius 2 is 1.75 bits per heavy atom. The minimum Gasteiger partial charge on any atom is -0.481 e. The van der Waals surface area contributed by atoms with Crippen LogP contribution in [0.2, 0.25) is 0 Å². The molecule has 114 valence electrons. The lowest BCUT2D eigenvalue weighted by atomic mass is 9.94. The molecular formula is C14H24N2O4. The maximum absolute atomic E-state index is 12.5. The molecule has 0 unspecified atom stereocenters. The molecule has 0 aromatic rings. The highest BCUT2D eigenvalue weighted by molar-refractivity contribution is 5.85. The zero-order valence-electron chi connectivity index (χ0n) is 11.8. The van der Waals surface area contributed by atoms with Crippen molar-refractivity contribution in [3.8, 4) is 0 Å². The van der Waals surface area contributed by atoms with Gasteiger partial charge in [-0.1, -0.05) is 6.42 Å². The molecule has 0 aromatic heterocycles. The Morgan fingerprint density at radius 3 is 2.45 bits per heavy atom. The van der Waals surface area contributed by atoms with Crippen molar-refractivity contribution in [3.05, 3.63) is 0 Å². The first-order valence-corrected chi connectivity index (χ1v) is 7.48. The zero-order valence-corrected chi connectivity index (χ0v) is 11.8. The molecule has 2 aliphatic rings. The van der Waals surface area contributed by atoms with Crippen molar-refractivity contribution in [2.45, 2.75) is 25.7 Å². The highest BCUT2D eigenvalue weighted by Gasteiger charge is 2.39. The van der Waals surface area contributed by atoms with E-state index in [1.807, 2.05) is 4.90 Å². The van der Waals surface area contributed by atoms with Gasteiger partial charge in [-0.05, 0) is 25.8 Å². The number of aliphatic carboxylic acids is 1. The summed E-state index contributed by atoms with van der Waals surface area (Å²) in [5.74, 6) is -1.66. The number of aliphatic hydroxyl groups excluding tert-OH is 1. The van der Waals surface area contributed by atoms with Crippen LogP contribution < -0.4 is 0 Å². The van der Waals surface area contributed by atoms with Gasteiger partial charge in [0.1, 0.15) is 0 Å². The van der Waals surface area contributed by atoms with E-state index in [4.69, 9.17) is 5.11 Å². The van der Waals surface area contributed by atoms with Crippen LogP contribution in [-0.2, 0) is 9.59 Å². The van der Waals surface area contributed by atoms with E-state index < -0.39 is 11.9 Å². The molecule has 0 spiro atoms. The monoisotopic (exact) mass is 284 g/mol. The molecule has 1 aliphatic heterocycles. The van der Waals surface area contributed by atoms with Crippen molar-refractivity contribution in [2.75, 3.05) is 39.3 Å². The molecule has 1 saturated carbocycles. The van der Waals surface area contributed by atoms with Gasteiger partial charge in [-0.25, -0.2) is 0 Å². The van der Waals surface area contributed by atoms with E-state index in [9.17, 15) is 14.7 Å². The summed E-state index contributed by atoms with van der Waals surface area (Å²) in [6, 6.07) is 0. The van der Waals surface area contributed by atoms with Crippen LogP contribution in [0.4, 0.5) is 0 Å². The molecule has 1 aliphatic carbocycles. The summed E-state index contributed by atoms with van der Waals surface area (Å²) in [5, 5.41) is 18.2. The summed E-state index contributed by atoms with van der Waals surface area (Å²) in [6.07, 6.45) is 3.04. The Balaban J connectivity index is 1.93. The molecule has 2 atom stereocenters. The summed E-state index contributed by atoms with van der Waals surface area (Å²) in [5.41, 5.74) is 0. The number of β-amino-alcohol motifs (C(OH)–C–C–N with tert-alkyl or cyclic N) is 1. The predicted molar refractivity (Wildman–Crippen MR) is 73.2 cm³/mol. The van der Waals surface area contributed by atoms with Crippen molar-refractivity contribution in [1.82, 2.24) is 9.80 Å². The summed E-state index contributed by atoms with van der Waals surface area (Å²) in [4.78, 5) is 27.7.